The monoisotopic (exact) mass is 211 g/mol. The van der Waals surface area contributed by atoms with Crippen molar-refractivity contribution in [1.82, 2.24) is 10.6 Å². The van der Waals surface area contributed by atoms with Gasteiger partial charge in [0.2, 0.25) is 0 Å². The first-order chi connectivity index (χ1) is 6.72. The van der Waals surface area contributed by atoms with Gasteiger partial charge in [0, 0.05) is 11.1 Å². The number of nitrogens with two attached hydrogens (primary N) is 1. The fourth-order valence-corrected chi connectivity index (χ4v) is 1.31. The van der Waals surface area contributed by atoms with Crippen LogP contribution in [0, 0.1) is 0 Å². The van der Waals surface area contributed by atoms with Crippen LogP contribution >= 0.6 is 11.6 Å². The van der Waals surface area contributed by atoms with E-state index in [1.807, 2.05) is 5.43 Å². The second-order valence-corrected chi connectivity index (χ2v) is 3.08. The Hall–Kier alpha value is -1.59. The first-order valence-corrected chi connectivity index (χ1v) is 4.16. The average Bonchev–Trinajstić information content (AvgIpc) is 2.59. The highest BCUT2D eigenvalue weighted by atomic mass is 35.5. The Kier molecular flexibility index (Phi) is 2.11. The first-order valence-electron chi connectivity index (χ1n) is 3.78. The molecule has 1 heterocycles. The van der Waals surface area contributed by atoms with Gasteiger partial charge in [0.05, 0.1) is 5.39 Å². The lowest BCUT2D eigenvalue weighted by atomic mass is 10.2. The summed E-state index contributed by atoms with van der Waals surface area (Å²) in [5.74, 6) is 4.48. The molecule has 0 saturated heterocycles. The normalized spacial score (nSPS) is 10.4. The predicted molar refractivity (Wildman–Crippen MR) is 50.7 cm³/mol. The third-order valence-corrected chi connectivity index (χ3v) is 2.02. The Bertz CT molecular complexity index is 494. The molecule has 0 saturated carbocycles. The van der Waals surface area contributed by atoms with E-state index in [0.29, 0.717) is 16.0 Å². The van der Waals surface area contributed by atoms with E-state index in [4.69, 9.17) is 22.0 Å². The number of nitrogen functional groups attached to an aromatic ring is 1. The van der Waals surface area contributed by atoms with Crippen molar-refractivity contribution in [3.05, 3.63) is 28.9 Å². The molecule has 5 nitrogen and oxygen atoms in total. The van der Waals surface area contributed by atoms with Gasteiger partial charge in [-0.15, -0.1) is 0 Å². The minimum atomic E-state index is -0.494. The predicted octanol–water partition coefficient (Wildman–Crippen LogP) is 1.08. The van der Waals surface area contributed by atoms with Crippen LogP contribution in [0.25, 0.3) is 11.0 Å². The topological polar surface area (TPSA) is 81.1 Å². The lowest BCUT2D eigenvalue weighted by Gasteiger charge is -1.93. The number of nitrogens with zero attached hydrogens (tertiary/aromatic N) is 1. The van der Waals surface area contributed by atoms with E-state index in [2.05, 4.69) is 5.16 Å². The van der Waals surface area contributed by atoms with Gasteiger partial charge in [-0.05, 0) is 12.1 Å². The van der Waals surface area contributed by atoms with Crippen molar-refractivity contribution in [2.45, 2.75) is 0 Å². The summed E-state index contributed by atoms with van der Waals surface area (Å²) in [5.41, 5.74) is 2.59. The van der Waals surface area contributed by atoms with Gasteiger partial charge < -0.3 is 4.52 Å². The Morgan fingerprint density at radius 3 is 3.07 bits per heavy atom. The molecule has 0 aliphatic carbocycles. The fourth-order valence-electron chi connectivity index (χ4n) is 1.14. The molecule has 0 fully saturated rings. The van der Waals surface area contributed by atoms with Crippen molar-refractivity contribution in [3.8, 4) is 0 Å². The number of hydrazine groups is 1. The molecular weight excluding hydrogens is 206 g/mol. The lowest BCUT2D eigenvalue weighted by Crippen LogP contribution is -2.30. The number of carbonyl (C=O) groups is 1. The molecule has 0 spiro atoms. The van der Waals surface area contributed by atoms with Gasteiger partial charge in [-0.2, -0.15) is 0 Å². The summed E-state index contributed by atoms with van der Waals surface area (Å²) in [6.45, 7) is 0. The summed E-state index contributed by atoms with van der Waals surface area (Å²) in [5, 5.41) is 4.68. The molecule has 0 unspecified atom stereocenters. The van der Waals surface area contributed by atoms with Crippen molar-refractivity contribution in [2.75, 3.05) is 0 Å². The van der Waals surface area contributed by atoms with Gasteiger partial charge in [-0.25, -0.2) is 5.84 Å². The van der Waals surface area contributed by atoms with E-state index in [9.17, 15) is 4.79 Å². The van der Waals surface area contributed by atoms with Crippen LogP contribution in [0.5, 0.6) is 0 Å². The van der Waals surface area contributed by atoms with Crippen molar-refractivity contribution in [2.24, 2.45) is 5.84 Å². The zero-order valence-corrected chi connectivity index (χ0v) is 7.71. The summed E-state index contributed by atoms with van der Waals surface area (Å²) in [7, 11) is 0. The smallest absolute Gasteiger partial charge is 0.287 e. The quantitative estimate of drug-likeness (QED) is 0.420. The van der Waals surface area contributed by atoms with Gasteiger partial charge in [-0.3, -0.25) is 10.2 Å². The van der Waals surface area contributed by atoms with E-state index in [-0.39, 0.29) is 5.69 Å². The SMILES string of the molecule is NNC(=O)c1noc2cc(Cl)ccc12. The molecule has 3 N–H and O–H groups in total. The van der Waals surface area contributed by atoms with Gasteiger partial charge in [0.15, 0.2) is 11.3 Å². The van der Waals surface area contributed by atoms with Crippen LogP contribution in [0.3, 0.4) is 0 Å². The van der Waals surface area contributed by atoms with Gasteiger partial charge in [0.25, 0.3) is 5.91 Å². The van der Waals surface area contributed by atoms with E-state index in [0.717, 1.165) is 0 Å². The third kappa shape index (κ3) is 1.32. The first kappa shape index (κ1) is 8.98. The highest BCUT2D eigenvalue weighted by molar-refractivity contribution is 6.31. The zero-order chi connectivity index (χ0) is 10.1. The second kappa shape index (κ2) is 3.28. The molecule has 14 heavy (non-hydrogen) atoms. The maximum absolute atomic E-state index is 11.2. The number of carbonyl (C=O) groups excluding carboxylic acids is 1. The number of hydrogen-bond donors (Lipinski definition) is 2. The standard InChI is InChI=1S/C8H6ClN3O2/c9-4-1-2-5-6(3-4)14-12-7(5)8(13)11-10/h1-3H,10H2,(H,11,13). The van der Waals surface area contributed by atoms with Crippen molar-refractivity contribution >= 4 is 28.5 Å². The summed E-state index contributed by atoms with van der Waals surface area (Å²) in [4.78, 5) is 11.2. The summed E-state index contributed by atoms with van der Waals surface area (Å²) >= 11 is 5.73. The molecule has 1 amide bonds. The van der Waals surface area contributed by atoms with E-state index >= 15 is 0 Å². The molecule has 2 rings (SSSR count). The highest BCUT2D eigenvalue weighted by Gasteiger charge is 2.14. The Morgan fingerprint density at radius 1 is 1.57 bits per heavy atom. The molecule has 1 aromatic heterocycles. The second-order valence-electron chi connectivity index (χ2n) is 2.65. The summed E-state index contributed by atoms with van der Waals surface area (Å²) < 4.78 is 4.90. The minimum Gasteiger partial charge on any atom is -0.355 e. The molecule has 1 aromatic carbocycles. The van der Waals surface area contributed by atoms with Crippen LogP contribution < -0.4 is 11.3 Å². The van der Waals surface area contributed by atoms with E-state index < -0.39 is 5.91 Å². The molecule has 6 heteroatoms. The van der Waals surface area contributed by atoms with Crippen LogP contribution in [0.2, 0.25) is 5.02 Å². The van der Waals surface area contributed by atoms with Crippen molar-refractivity contribution in [1.29, 1.82) is 0 Å². The molecule has 0 aliphatic heterocycles. The van der Waals surface area contributed by atoms with Gasteiger partial charge in [-0.1, -0.05) is 16.8 Å². The molecule has 0 atom stereocenters. The maximum Gasteiger partial charge on any atom is 0.287 e. The molecule has 0 bridgehead atoms. The Labute approximate surface area is 83.8 Å². The molecule has 0 radical (unpaired) electrons. The maximum atomic E-state index is 11.2. The van der Waals surface area contributed by atoms with Crippen LogP contribution in [-0.4, -0.2) is 11.1 Å². The third-order valence-electron chi connectivity index (χ3n) is 1.78. The van der Waals surface area contributed by atoms with Gasteiger partial charge >= 0.3 is 0 Å². The Balaban J connectivity index is 2.64. The van der Waals surface area contributed by atoms with Crippen LogP contribution in [0.4, 0.5) is 0 Å². The van der Waals surface area contributed by atoms with Crippen molar-refractivity contribution < 1.29 is 9.32 Å². The van der Waals surface area contributed by atoms with Crippen LogP contribution in [0.1, 0.15) is 10.5 Å². The van der Waals surface area contributed by atoms with E-state index in [1.54, 1.807) is 18.2 Å². The van der Waals surface area contributed by atoms with E-state index in [1.165, 1.54) is 0 Å². The largest absolute Gasteiger partial charge is 0.355 e. The van der Waals surface area contributed by atoms with Crippen LogP contribution in [0.15, 0.2) is 22.7 Å². The zero-order valence-electron chi connectivity index (χ0n) is 6.95. The van der Waals surface area contributed by atoms with Crippen molar-refractivity contribution in [3.63, 3.8) is 0 Å². The Morgan fingerprint density at radius 2 is 2.36 bits per heavy atom. The fraction of sp³-hybridized carbons (Fsp3) is 0. The van der Waals surface area contributed by atoms with Gasteiger partial charge in [0.1, 0.15) is 0 Å². The number of aromatic nitrogens is 1. The molecule has 0 aliphatic rings. The number of halogens is 1. The summed E-state index contributed by atoms with van der Waals surface area (Å²) in [6.07, 6.45) is 0. The lowest BCUT2D eigenvalue weighted by molar-refractivity contribution is 0.0946. The number of benzene rings is 1. The molecular formula is C8H6ClN3O2. The van der Waals surface area contributed by atoms with Crippen LogP contribution in [-0.2, 0) is 0 Å². The highest BCUT2D eigenvalue weighted by Crippen LogP contribution is 2.21. The molecule has 2 aromatic rings. The number of fused-ring (bicyclic) bond motifs is 1. The number of amides is 1. The summed E-state index contributed by atoms with van der Waals surface area (Å²) in [6, 6.07) is 4.88. The molecule has 72 valence electrons. The minimum absolute atomic E-state index is 0.152. The average molecular weight is 212 g/mol. The number of hydrogen-bond acceptors (Lipinski definition) is 4. The number of nitrogens with one attached hydrogen (secondary N) is 1. The number of rotatable bonds is 1.